The second-order valence-corrected chi connectivity index (χ2v) is 6.65. The predicted octanol–water partition coefficient (Wildman–Crippen LogP) is 1.80. The van der Waals surface area contributed by atoms with Gasteiger partial charge in [-0.05, 0) is 24.3 Å². The molecule has 1 aliphatic heterocycles. The van der Waals surface area contributed by atoms with Gasteiger partial charge in [-0.15, -0.1) is 5.10 Å². The van der Waals surface area contributed by atoms with Crippen LogP contribution in [0.1, 0.15) is 17.6 Å². The molecule has 4 rings (SSSR count). The standard InChI is InChI=1S/C17H20ClN7/c1-23-8-7-20-17(23)16-10-19-6-9-24(16)11-14-12-25(22-21-14)15-4-2-13(18)3-5-15/h2-5,7-8,12,16,19H,6,9-11H2,1H3. The molecule has 1 saturated heterocycles. The Bertz CT molecular complexity index is 839. The van der Waals surface area contributed by atoms with Crippen LogP contribution in [0.15, 0.2) is 42.9 Å². The van der Waals surface area contributed by atoms with Gasteiger partial charge >= 0.3 is 0 Å². The number of nitrogens with zero attached hydrogens (tertiary/aromatic N) is 6. The Hall–Kier alpha value is -2.22. The summed E-state index contributed by atoms with van der Waals surface area (Å²) in [4.78, 5) is 6.92. The summed E-state index contributed by atoms with van der Waals surface area (Å²) in [6, 6.07) is 7.80. The van der Waals surface area contributed by atoms with Gasteiger partial charge in [0.1, 0.15) is 5.82 Å². The number of hydrogen-bond acceptors (Lipinski definition) is 5. The third-order valence-electron chi connectivity index (χ3n) is 4.51. The Morgan fingerprint density at radius 1 is 1.28 bits per heavy atom. The van der Waals surface area contributed by atoms with E-state index < -0.39 is 0 Å². The first-order valence-electron chi connectivity index (χ1n) is 8.30. The zero-order valence-corrected chi connectivity index (χ0v) is 14.8. The quantitative estimate of drug-likeness (QED) is 0.771. The van der Waals surface area contributed by atoms with E-state index in [9.17, 15) is 0 Å². The smallest absolute Gasteiger partial charge is 0.127 e. The zero-order valence-electron chi connectivity index (χ0n) is 14.0. The summed E-state index contributed by atoms with van der Waals surface area (Å²) in [7, 11) is 2.03. The van der Waals surface area contributed by atoms with E-state index in [1.807, 2.05) is 49.9 Å². The van der Waals surface area contributed by atoms with Gasteiger partial charge in [0.25, 0.3) is 0 Å². The van der Waals surface area contributed by atoms with E-state index in [1.165, 1.54) is 0 Å². The second-order valence-electron chi connectivity index (χ2n) is 6.22. The van der Waals surface area contributed by atoms with Crippen LogP contribution in [0, 0.1) is 0 Å². The van der Waals surface area contributed by atoms with Crippen molar-refractivity contribution in [2.45, 2.75) is 12.6 Å². The molecular formula is C17H20ClN7. The maximum atomic E-state index is 5.95. The van der Waals surface area contributed by atoms with Crippen LogP contribution in [-0.4, -0.2) is 49.1 Å². The van der Waals surface area contributed by atoms with Crippen molar-refractivity contribution in [2.75, 3.05) is 19.6 Å². The van der Waals surface area contributed by atoms with Crippen LogP contribution in [0.2, 0.25) is 5.02 Å². The molecule has 1 N–H and O–H groups in total. The predicted molar refractivity (Wildman–Crippen MR) is 95.6 cm³/mol. The summed E-state index contributed by atoms with van der Waals surface area (Å²) in [5.41, 5.74) is 1.89. The van der Waals surface area contributed by atoms with Crippen molar-refractivity contribution < 1.29 is 0 Å². The van der Waals surface area contributed by atoms with Crippen molar-refractivity contribution in [2.24, 2.45) is 7.05 Å². The minimum absolute atomic E-state index is 0.231. The Morgan fingerprint density at radius 2 is 2.12 bits per heavy atom. The maximum absolute atomic E-state index is 5.95. The first-order chi connectivity index (χ1) is 12.2. The highest BCUT2D eigenvalue weighted by Gasteiger charge is 2.27. The molecule has 7 nitrogen and oxygen atoms in total. The Balaban J connectivity index is 1.52. The molecule has 0 bridgehead atoms. The fraction of sp³-hybridized carbons (Fsp3) is 0.353. The molecule has 3 heterocycles. The number of rotatable bonds is 4. The van der Waals surface area contributed by atoms with Crippen LogP contribution in [-0.2, 0) is 13.6 Å². The number of imidazole rings is 1. The average Bonchev–Trinajstić information content (AvgIpc) is 3.25. The Labute approximate surface area is 151 Å². The van der Waals surface area contributed by atoms with Gasteiger partial charge in [-0.2, -0.15) is 0 Å². The molecule has 2 aromatic heterocycles. The summed E-state index contributed by atoms with van der Waals surface area (Å²) in [6.07, 6.45) is 5.80. The van der Waals surface area contributed by atoms with Gasteiger partial charge in [-0.1, -0.05) is 16.8 Å². The van der Waals surface area contributed by atoms with E-state index in [-0.39, 0.29) is 6.04 Å². The van der Waals surface area contributed by atoms with Gasteiger partial charge in [0.15, 0.2) is 0 Å². The van der Waals surface area contributed by atoms with Crippen molar-refractivity contribution in [3.63, 3.8) is 0 Å². The first kappa shape index (κ1) is 16.3. The molecule has 0 saturated carbocycles. The highest BCUT2D eigenvalue weighted by molar-refractivity contribution is 6.30. The number of nitrogens with one attached hydrogen (secondary N) is 1. The van der Waals surface area contributed by atoms with E-state index >= 15 is 0 Å². The molecule has 3 aromatic rings. The van der Waals surface area contributed by atoms with Crippen molar-refractivity contribution in [3.05, 3.63) is 59.4 Å². The third kappa shape index (κ3) is 3.44. The number of aryl methyl sites for hydroxylation is 1. The summed E-state index contributed by atoms with van der Waals surface area (Å²) in [6.45, 7) is 3.54. The lowest BCUT2D eigenvalue weighted by Crippen LogP contribution is -2.46. The van der Waals surface area contributed by atoms with E-state index in [0.29, 0.717) is 5.02 Å². The molecule has 1 aliphatic rings. The normalized spacial score (nSPS) is 18.6. The number of hydrogen-bond donors (Lipinski definition) is 1. The molecule has 1 unspecified atom stereocenters. The van der Waals surface area contributed by atoms with Crippen LogP contribution < -0.4 is 5.32 Å². The fourth-order valence-corrected chi connectivity index (χ4v) is 3.31. The largest absolute Gasteiger partial charge is 0.337 e. The van der Waals surface area contributed by atoms with Crippen molar-refractivity contribution in [1.82, 2.24) is 34.8 Å². The molecule has 1 aromatic carbocycles. The van der Waals surface area contributed by atoms with E-state index in [1.54, 1.807) is 4.68 Å². The molecular weight excluding hydrogens is 338 g/mol. The molecule has 0 spiro atoms. The molecule has 1 atom stereocenters. The monoisotopic (exact) mass is 357 g/mol. The summed E-state index contributed by atoms with van der Waals surface area (Å²) in [5.74, 6) is 1.07. The summed E-state index contributed by atoms with van der Waals surface area (Å²) >= 11 is 5.95. The molecule has 0 aliphatic carbocycles. The molecule has 8 heteroatoms. The number of benzene rings is 1. The van der Waals surface area contributed by atoms with Crippen LogP contribution in [0.3, 0.4) is 0 Å². The number of piperazine rings is 1. The minimum atomic E-state index is 0.231. The molecule has 0 radical (unpaired) electrons. The lowest BCUT2D eigenvalue weighted by atomic mass is 10.1. The topological polar surface area (TPSA) is 63.8 Å². The van der Waals surface area contributed by atoms with Gasteiger partial charge in [0.05, 0.1) is 23.6 Å². The van der Waals surface area contributed by atoms with Crippen LogP contribution in [0.25, 0.3) is 5.69 Å². The average molecular weight is 358 g/mol. The van der Waals surface area contributed by atoms with Gasteiger partial charge < -0.3 is 9.88 Å². The van der Waals surface area contributed by atoms with Crippen LogP contribution >= 0.6 is 11.6 Å². The minimum Gasteiger partial charge on any atom is -0.337 e. The van der Waals surface area contributed by atoms with Gasteiger partial charge in [0.2, 0.25) is 0 Å². The van der Waals surface area contributed by atoms with Gasteiger partial charge in [0, 0.05) is 50.6 Å². The van der Waals surface area contributed by atoms with Gasteiger partial charge in [-0.25, -0.2) is 9.67 Å². The Morgan fingerprint density at radius 3 is 2.88 bits per heavy atom. The molecule has 25 heavy (non-hydrogen) atoms. The van der Waals surface area contributed by atoms with E-state index in [2.05, 4.69) is 30.1 Å². The lowest BCUT2D eigenvalue weighted by molar-refractivity contribution is 0.143. The van der Waals surface area contributed by atoms with Crippen LogP contribution in [0.5, 0.6) is 0 Å². The van der Waals surface area contributed by atoms with E-state index in [0.717, 1.165) is 43.4 Å². The summed E-state index contributed by atoms with van der Waals surface area (Å²) in [5, 5.41) is 12.8. The third-order valence-corrected chi connectivity index (χ3v) is 4.76. The second kappa shape index (κ2) is 6.95. The fourth-order valence-electron chi connectivity index (χ4n) is 3.19. The highest BCUT2D eigenvalue weighted by Crippen LogP contribution is 2.22. The SMILES string of the molecule is Cn1ccnc1C1CNCCN1Cc1cn(-c2ccc(Cl)cc2)nn1. The number of aromatic nitrogens is 5. The van der Waals surface area contributed by atoms with Crippen LogP contribution in [0.4, 0.5) is 0 Å². The maximum Gasteiger partial charge on any atom is 0.127 e. The molecule has 0 amide bonds. The molecule has 130 valence electrons. The highest BCUT2D eigenvalue weighted by atomic mass is 35.5. The van der Waals surface area contributed by atoms with Crippen molar-refractivity contribution in [3.8, 4) is 5.69 Å². The molecule has 1 fully saturated rings. The van der Waals surface area contributed by atoms with Crippen molar-refractivity contribution in [1.29, 1.82) is 0 Å². The van der Waals surface area contributed by atoms with Crippen molar-refractivity contribution >= 4 is 11.6 Å². The zero-order chi connectivity index (χ0) is 17.2. The number of halogens is 1. The first-order valence-corrected chi connectivity index (χ1v) is 8.67. The van der Waals surface area contributed by atoms with Gasteiger partial charge in [-0.3, -0.25) is 4.90 Å². The Kier molecular flexibility index (Phi) is 4.52. The summed E-state index contributed by atoms with van der Waals surface area (Å²) < 4.78 is 3.86. The lowest BCUT2D eigenvalue weighted by Gasteiger charge is -2.35. The van der Waals surface area contributed by atoms with E-state index in [4.69, 9.17) is 11.6 Å².